The van der Waals surface area contributed by atoms with Crippen LogP contribution < -0.4 is 10.2 Å². The highest BCUT2D eigenvalue weighted by atomic mass is 16.6. The Morgan fingerprint density at radius 2 is 1.83 bits per heavy atom. The van der Waals surface area contributed by atoms with Crippen LogP contribution in [-0.4, -0.2) is 50.4 Å². The van der Waals surface area contributed by atoms with Gasteiger partial charge in [0.1, 0.15) is 7.11 Å². The van der Waals surface area contributed by atoms with Crippen LogP contribution in [0.3, 0.4) is 0 Å². The van der Waals surface area contributed by atoms with Gasteiger partial charge in [0.25, 0.3) is 0 Å². The SMILES string of the molecule is C=N/C(CNc1cc(C(C)CC(=O)O)ccc1N(CC(C)C)CC(C)C)=N\OC. The fourth-order valence-corrected chi connectivity index (χ4v) is 3.21. The maximum atomic E-state index is 11.1. The zero-order valence-corrected chi connectivity index (χ0v) is 18.6. The van der Waals surface area contributed by atoms with E-state index in [1.165, 1.54) is 7.11 Å². The summed E-state index contributed by atoms with van der Waals surface area (Å²) in [5.74, 6) is 0.570. The minimum atomic E-state index is -0.803. The molecule has 0 amide bonds. The van der Waals surface area contributed by atoms with E-state index in [1.807, 2.05) is 19.1 Å². The third-order valence-electron chi connectivity index (χ3n) is 4.40. The molecule has 1 unspecified atom stereocenters. The lowest BCUT2D eigenvalue weighted by Crippen LogP contribution is -2.32. The molecule has 0 saturated carbocycles. The zero-order valence-electron chi connectivity index (χ0n) is 18.6. The molecule has 1 aromatic carbocycles. The fourth-order valence-electron chi connectivity index (χ4n) is 3.21. The van der Waals surface area contributed by atoms with Gasteiger partial charge >= 0.3 is 5.97 Å². The van der Waals surface area contributed by atoms with Crippen LogP contribution in [0.1, 0.15) is 52.5 Å². The molecule has 7 nitrogen and oxygen atoms in total. The second kappa shape index (κ2) is 12.1. The highest BCUT2D eigenvalue weighted by Crippen LogP contribution is 2.32. The third-order valence-corrected chi connectivity index (χ3v) is 4.40. The number of aliphatic carboxylic acids is 1. The number of benzene rings is 1. The first kappa shape index (κ1) is 24.5. The molecule has 0 aliphatic rings. The molecular formula is C22H36N4O3. The van der Waals surface area contributed by atoms with Crippen molar-refractivity contribution in [1.82, 2.24) is 0 Å². The van der Waals surface area contributed by atoms with Crippen molar-refractivity contribution in [2.75, 3.05) is 37.0 Å². The number of carboxylic acid groups (broad SMARTS) is 1. The molecule has 1 aromatic rings. The van der Waals surface area contributed by atoms with Gasteiger partial charge in [0, 0.05) is 13.1 Å². The van der Waals surface area contributed by atoms with Crippen LogP contribution in [-0.2, 0) is 9.63 Å². The molecule has 1 atom stereocenters. The summed E-state index contributed by atoms with van der Waals surface area (Å²) in [5.41, 5.74) is 2.98. The van der Waals surface area contributed by atoms with E-state index < -0.39 is 5.97 Å². The molecule has 0 aliphatic heterocycles. The van der Waals surface area contributed by atoms with Crippen molar-refractivity contribution in [2.24, 2.45) is 22.0 Å². The number of hydrogen-bond acceptors (Lipinski definition) is 5. The van der Waals surface area contributed by atoms with Gasteiger partial charge in [0.15, 0.2) is 5.84 Å². The average molecular weight is 405 g/mol. The molecule has 0 saturated heterocycles. The van der Waals surface area contributed by atoms with Crippen LogP contribution in [0.15, 0.2) is 28.3 Å². The zero-order chi connectivity index (χ0) is 22.0. The van der Waals surface area contributed by atoms with Crippen LogP contribution in [0, 0.1) is 11.8 Å². The number of anilines is 2. The van der Waals surface area contributed by atoms with Crippen LogP contribution in [0.4, 0.5) is 11.4 Å². The molecule has 0 radical (unpaired) electrons. The molecule has 0 aromatic heterocycles. The topological polar surface area (TPSA) is 86.5 Å². The number of oxime groups is 1. The van der Waals surface area contributed by atoms with E-state index >= 15 is 0 Å². The van der Waals surface area contributed by atoms with Crippen molar-refractivity contribution in [2.45, 2.75) is 47.0 Å². The maximum Gasteiger partial charge on any atom is 0.303 e. The monoisotopic (exact) mass is 404 g/mol. The van der Waals surface area contributed by atoms with Crippen molar-refractivity contribution in [3.8, 4) is 0 Å². The summed E-state index contributed by atoms with van der Waals surface area (Å²) in [6.07, 6.45) is 0.0884. The summed E-state index contributed by atoms with van der Waals surface area (Å²) < 4.78 is 0. The van der Waals surface area contributed by atoms with E-state index in [4.69, 9.17) is 9.94 Å². The molecule has 29 heavy (non-hydrogen) atoms. The number of nitrogens with one attached hydrogen (secondary N) is 1. The number of carbonyl (C=O) groups is 1. The number of hydrogen-bond donors (Lipinski definition) is 2. The van der Waals surface area contributed by atoms with Gasteiger partial charge in [-0.15, -0.1) is 0 Å². The quantitative estimate of drug-likeness (QED) is 0.305. The first-order chi connectivity index (χ1) is 13.7. The summed E-state index contributed by atoms with van der Waals surface area (Å²) in [7, 11) is 1.47. The highest BCUT2D eigenvalue weighted by molar-refractivity contribution is 5.90. The van der Waals surface area contributed by atoms with Gasteiger partial charge < -0.3 is 20.2 Å². The fraction of sp³-hybridized carbons (Fsp3) is 0.591. The molecule has 1 rings (SSSR count). The van der Waals surface area contributed by atoms with Crippen LogP contribution in [0.5, 0.6) is 0 Å². The molecule has 0 aliphatic carbocycles. The Morgan fingerprint density at radius 1 is 1.21 bits per heavy atom. The van der Waals surface area contributed by atoms with Crippen molar-refractivity contribution in [3.05, 3.63) is 23.8 Å². The Hall–Kier alpha value is -2.57. The van der Waals surface area contributed by atoms with Gasteiger partial charge in [0.05, 0.1) is 24.3 Å². The largest absolute Gasteiger partial charge is 0.481 e. The Bertz CT molecular complexity index is 691. The van der Waals surface area contributed by atoms with Gasteiger partial charge in [-0.1, -0.05) is 45.8 Å². The first-order valence-corrected chi connectivity index (χ1v) is 10.1. The molecule has 2 N–H and O–H groups in total. The predicted octanol–water partition coefficient (Wildman–Crippen LogP) is 4.46. The van der Waals surface area contributed by atoms with Gasteiger partial charge in [-0.2, -0.15) is 0 Å². The normalized spacial score (nSPS) is 12.8. The number of nitrogens with zero attached hydrogens (tertiary/aromatic N) is 3. The van der Waals surface area contributed by atoms with Gasteiger partial charge in [-0.05, 0) is 42.2 Å². The summed E-state index contributed by atoms with van der Waals surface area (Å²) in [6.45, 7) is 16.5. The van der Waals surface area contributed by atoms with Crippen LogP contribution in [0.25, 0.3) is 0 Å². The maximum absolute atomic E-state index is 11.1. The predicted molar refractivity (Wildman–Crippen MR) is 121 cm³/mol. The second-order valence-corrected chi connectivity index (χ2v) is 8.17. The second-order valence-electron chi connectivity index (χ2n) is 8.17. The first-order valence-electron chi connectivity index (χ1n) is 10.1. The van der Waals surface area contributed by atoms with Crippen molar-refractivity contribution in [1.29, 1.82) is 0 Å². The van der Waals surface area contributed by atoms with Crippen LogP contribution in [0.2, 0.25) is 0 Å². The molecule has 0 heterocycles. The van der Waals surface area contributed by atoms with Gasteiger partial charge in [-0.25, -0.2) is 4.99 Å². The molecule has 0 bridgehead atoms. The van der Waals surface area contributed by atoms with Crippen LogP contribution >= 0.6 is 0 Å². The van der Waals surface area contributed by atoms with E-state index in [2.05, 4.69) is 60.8 Å². The van der Waals surface area contributed by atoms with Gasteiger partial charge in [0.2, 0.25) is 0 Å². The molecule has 0 spiro atoms. The minimum Gasteiger partial charge on any atom is -0.481 e. The lowest BCUT2D eigenvalue weighted by Gasteiger charge is -2.31. The molecule has 162 valence electrons. The average Bonchev–Trinajstić information content (AvgIpc) is 2.63. The summed E-state index contributed by atoms with van der Waals surface area (Å²) in [6, 6.07) is 6.14. The van der Waals surface area contributed by atoms with E-state index in [9.17, 15) is 4.79 Å². The number of carboxylic acids is 1. The Balaban J connectivity index is 3.30. The molecular weight excluding hydrogens is 368 g/mol. The Labute approximate surface area is 174 Å². The smallest absolute Gasteiger partial charge is 0.303 e. The van der Waals surface area contributed by atoms with E-state index in [0.29, 0.717) is 24.2 Å². The molecule has 7 heteroatoms. The van der Waals surface area contributed by atoms with Gasteiger partial charge in [-0.3, -0.25) is 4.79 Å². The summed E-state index contributed by atoms with van der Waals surface area (Å²) in [5, 5.41) is 16.4. The summed E-state index contributed by atoms with van der Waals surface area (Å²) >= 11 is 0. The van der Waals surface area contributed by atoms with Crippen molar-refractivity contribution < 1.29 is 14.7 Å². The number of rotatable bonds is 12. The minimum absolute atomic E-state index is 0.0876. The lowest BCUT2D eigenvalue weighted by atomic mass is 9.96. The van der Waals surface area contributed by atoms with E-state index in [0.717, 1.165) is 30.0 Å². The Kier molecular flexibility index (Phi) is 10.2. The standard InChI is InChI=1S/C22H36N4O3/c1-15(2)13-26(14-16(3)4)20-9-8-18(17(5)10-22(27)28)11-19(20)24-12-21(23-6)25-29-7/h8-9,11,15-17,24H,6,10,12-14H2,1-5,7H3,(H,27,28)/b25-21-. The lowest BCUT2D eigenvalue weighted by molar-refractivity contribution is -0.137. The highest BCUT2D eigenvalue weighted by Gasteiger charge is 2.18. The number of aliphatic imine (C=N–C) groups is 1. The van der Waals surface area contributed by atoms with E-state index in [1.54, 1.807) is 0 Å². The Morgan fingerprint density at radius 3 is 2.31 bits per heavy atom. The molecule has 0 fully saturated rings. The summed E-state index contributed by atoms with van der Waals surface area (Å²) in [4.78, 5) is 22.2. The van der Waals surface area contributed by atoms with Crippen molar-refractivity contribution in [3.63, 3.8) is 0 Å². The number of amidine groups is 1. The van der Waals surface area contributed by atoms with E-state index in [-0.39, 0.29) is 12.3 Å². The third kappa shape index (κ3) is 8.54. The van der Waals surface area contributed by atoms with Crippen molar-refractivity contribution >= 4 is 29.9 Å².